The van der Waals surface area contributed by atoms with Gasteiger partial charge in [0.1, 0.15) is 17.2 Å². The Kier molecular flexibility index (Phi) is 23.7. The van der Waals surface area contributed by atoms with Gasteiger partial charge in [-0.2, -0.15) is 0 Å². The van der Waals surface area contributed by atoms with Gasteiger partial charge in [-0.25, -0.2) is 0 Å². The number of hydrogen-bond acceptors (Lipinski definition) is 3. The zero-order valence-electron chi connectivity index (χ0n) is 23.8. The molecule has 0 saturated carbocycles. The normalized spacial score (nSPS) is 11.1. The van der Waals surface area contributed by atoms with Crippen LogP contribution in [0.3, 0.4) is 0 Å². The third kappa shape index (κ3) is 20.2. The minimum absolute atomic E-state index is 0.751. The largest absolute Gasteiger partial charge is 0.493 e. The number of benzene rings is 1. The SMILES string of the molecule is CCCCCCCCCCOc1cc(OCCCCCCBr)cc(OCCCCCCCCCC)c1. The predicted molar refractivity (Wildman–Crippen MR) is 160 cm³/mol. The summed E-state index contributed by atoms with van der Waals surface area (Å²) < 4.78 is 18.3. The van der Waals surface area contributed by atoms with Gasteiger partial charge in [0.25, 0.3) is 0 Å². The van der Waals surface area contributed by atoms with Crippen molar-refractivity contribution in [3.63, 3.8) is 0 Å². The molecule has 0 amide bonds. The first-order chi connectivity index (χ1) is 17.8. The van der Waals surface area contributed by atoms with Crippen LogP contribution in [0, 0.1) is 0 Å². The van der Waals surface area contributed by atoms with Gasteiger partial charge in [0.05, 0.1) is 19.8 Å². The van der Waals surface area contributed by atoms with E-state index < -0.39 is 0 Å². The Morgan fingerprint density at radius 2 is 0.694 bits per heavy atom. The van der Waals surface area contributed by atoms with E-state index in [4.69, 9.17) is 14.2 Å². The number of hydrogen-bond donors (Lipinski definition) is 0. The summed E-state index contributed by atoms with van der Waals surface area (Å²) in [6.07, 6.45) is 25.8. The topological polar surface area (TPSA) is 27.7 Å². The quantitative estimate of drug-likeness (QED) is 0.0779. The van der Waals surface area contributed by atoms with Gasteiger partial charge in [-0.3, -0.25) is 0 Å². The van der Waals surface area contributed by atoms with Gasteiger partial charge in [-0.1, -0.05) is 133 Å². The Labute approximate surface area is 232 Å². The Bertz CT molecular complexity index is 553. The highest BCUT2D eigenvalue weighted by atomic mass is 79.9. The lowest BCUT2D eigenvalue weighted by atomic mass is 10.1. The third-order valence-electron chi connectivity index (χ3n) is 6.68. The van der Waals surface area contributed by atoms with E-state index >= 15 is 0 Å². The minimum Gasteiger partial charge on any atom is -0.493 e. The average Bonchev–Trinajstić information content (AvgIpc) is 2.89. The van der Waals surface area contributed by atoms with E-state index in [2.05, 4.69) is 29.8 Å². The van der Waals surface area contributed by atoms with Crippen molar-refractivity contribution in [1.29, 1.82) is 0 Å². The lowest BCUT2D eigenvalue weighted by molar-refractivity contribution is 0.276. The van der Waals surface area contributed by atoms with E-state index in [1.165, 1.54) is 109 Å². The predicted octanol–water partition coefficient (Wildman–Crippen LogP) is 11.1. The first kappa shape index (κ1) is 33.1. The Morgan fingerprint density at radius 3 is 1.00 bits per heavy atom. The van der Waals surface area contributed by atoms with E-state index in [9.17, 15) is 0 Å². The van der Waals surface area contributed by atoms with Crippen molar-refractivity contribution in [3.8, 4) is 17.2 Å². The third-order valence-corrected chi connectivity index (χ3v) is 7.24. The fourth-order valence-corrected chi connectivity index (χ4v) is 4.78. The zero-order valence-corrected chi connectivity index (χ0v) is 25.4. The Balaban J connectivity index is 2.38. The van der Waals surface area contributed by atoms with Crippen molar-refractivity contribution in [2.75, 3.05) is 25.2 Å². The molecule has 0 atom stereocenters. The molecule has 0 aliphatic carbocycles. The second-order valence-electron chi connectivity index (χ2n) is 10.2. The van der Waals surface area contributed by atoms with E-state index in [0.717, 1.165) is 61.7 Å². The summed E-state index contributed by atoms with van der Waals surface area (Å²) in [6.45, 7) is 6.83. The van der Waals surface area contributed by atoms with Crippen LogP contribution in [0.2, 0.25) is 0 Å². The van der Waals surface area contributed by atoms with Crippen molar-refractivity contribution in [1.82, 2.24) is 0 Å². The fourth-order valence-electron chi connectivity index (χ4n) is 4.39. The second-order valence-corrected chi connectivity index (χ2v) is 11.0. The van der Waals surface area contributed by atoms with Crippen LogP contribution in [0.15, 0.2) is 18.2 Å². The smallest absolute Gasteiger partial charge is 0.126 e. The molecule has 0 radical (unpaired) electrons. The van der Waals surface area contributed by atoms with Crippen LogP contribution in [0.5, 0.6) is 17.2 Å². The summed E-state index contributed by atoms with van der Waals surface area (Å²) in [5, 5.41) is 1.09. The molecule has 0 aromatic heterocycles. The highest BCUT2D eigenvalue weighted by Crippen LogP contribution is 2.29. The Morgan fingerprint density at radius 1 is 0.417 bits per heavy atom. The maximum absolute atomic E-state index is 6.12. The van der Waals surface area contributed by atoms with E-state index in [-0.39, 0.29) is 0 Å². The van der Waals surface area contributed by atoms with E-state index in [0.29, 0.717) is 0 Å². The highest BCUT2D eigenvalue weighted by Gasteiger charge is 2.06. The number of ether oxygens (including phenoxy) is 3. The molecule has 1 aromatic rings. The average molecular weight is 570 g/mol. The number of unbranched alkanes of at least 4 members (excludes halogenated alkanes) is 17. The lowest BCUT2D eigenvalue weighted by Gasteiger charge is -2.13. The summed E-state index contributed by atoms with van der Waals surface area (Å²) in [5.74, 6) is 2.62. The maximum atomic E-state index is 6.12. The molecule has 1 rings (SSSR count). The van der Waals surface area contributed by atoms with Crippen LogP contribution in [0.25, 0.3) is 0 Å². The molecular weight excluding hydrogens is 512 g/mol. The molecule has 0 spiro atoms. The van der Waals surface area contributed by atoms with Crippen molar-refractivity contribution < 1.29 is 14.2 Å². The van der Waals surface area contributed by atoms with Gasteiger partial charge in [0.15, 0.2) is 0 Å². The molecule has 4 heteroatoms. The molecule has 0 aliphatic heterocycles. The lowest BCUT2D eigenvalue weighted by Crippen LogP contribution is -2.02. The number of rotatable bonds is 27. The summed E-state index contributed by atoms with van der Waals surface area (Å²) in [7, 11) is 0. The van der Waals surface area contributed by atoms with Crippen LogP contribution in [0.1, 0.15) is 142 Å². The molecular formula is C32H57BrO3. The van der Waals surface area contributed by atoms with Crippen LogP contribution in [-0.4, -0.2) is 25.2 Å². The Hall–Kier alpha value is -0.900. The van der Waals surface area contributed by atoms with Crippen molar-refractivity contribution in [2.45, 2.75) is 142 Å². The molecule has 210 valence electrons. The van der Waals surface area contributed by atoms with Crippen molar-refractivity contribution >= 4 is 15.9 Å². The summed E-state index contributed by atoms with van der Waals surface area (Å²) in [5.41, 5.74) is 0. The van der Waals surface area contributed by atoms with Gasteiger partial charge in [-0.15, -0.1) is 0 Å². The molecule has 0 saturated heterocycles. The van der Waals surface area contributed by atoms with Gasteiger partial charge in [0.2, 0.25) is 0 Å². The first-order valence-corrected chi connectivity index (χ1v) is 16.5. The molecule has 36 heavy (non-hydrogen) atoms. The van der Waals surface area contributed by atoms with E-state index in [1.54, 1.807) is 0 Å². The number of halogens is 1. The first-order valence-electron chi connectivity index (χ1n) is 15.4. The highest BCUT2D eigenvalue weighted by molar-refractivity contribution is 9.09. The van der Waals surface area contributed by atoms with Gasteiger partial charge >= 0.3 is 0 Å². The second kappa shape index (κ2) is 25.7. The molecule has 3 nitrogen and oxygen atoms in total. The van der Waals surface area contributed by atoms with Gasteiger partial charge in [-0.05, 0) is 25.7 Å². The van der Waals surface area contributed by atoms with Crippen LogP contribution in [0.4, 0.5) is 0 Å². The van der Waals surface area contributed by atoms with Crippen LogP contribution < -0.4 is 14.2 Å². The molecule has 0 unspecified atom stereocenters. The standard InChI is InChI=1S/C32H57BrO3/c1-3-5-7-9-11-13-16-20-24-34-30-27-31(35-25-21-17-14-12-10-8-6-4-2)29-32(28-30)36-26-22-18-15-19-23-33/h27-29H,3-26H2,1-2H3. The summed E-state index contributed by atoms with van der Waals surface area (Å²) in [4.78, 5) is 0. The molecule has 0 heterocycles. The number of alkyl halides is 1. The zero-order chi connectivity index (χ0) is 25.9. The minimum atomic E-state index is 0.751. The van der Waals surface area contributed by atoms with Crippen LogP contribution >= 0.6 is 15.9 Å². The monoisotopic (exact) mass is 568 g/mol. The van der Waals surface area contributed by atoms with Gasteiger partial charge < -0.3 is 14.2 Å². The van der Waals surface area contributed by atoms with Crippen molar-refractivity contribution in [3.05, 3.63) is 18.2 Å². The molecule has 1 aromatic carbocycles. The summed E-state index contributed by atoms with van der Waals surface area (Å²) in [6, 6.07) is 6.11. The van der Waals surface area contributed by atoms with Crippen molar-refractivity contribution in [2.24, 2.45) is 0 Å². The van der Waals surface area contributed by atoms with E-state index in [1.807, 2.05) is 18.2 Å². The molecule has 0 bridgehead atoms. The van der Waals surface area contributed by atoms with Crippen LogP contribution in [-0.2, 0) is 0 Å². The van der Waals surface area contributed by atoms with Gasteiger partial charge in [0, 0.05) is 23.5 Å². The molecule has 0 N–H and O–H groups in total. The molecule has 0 aliphatic rings. The summed E-state index contributed by atoms with van der Waals surface area (Å²) >= 11 is 3.51. The fraction of sp³-hybridized carbons (Fsp3) is 0.812. The maximum Gasteiger partial charge on any atom is 0.126 e. The molecule has 0 fully saturated rings.